The summed E-state index contributed by atoms with van der Waals surface area (Å²) in [6, 6.07) is 0. The molecule has 0 aliphatic rings. The number of rotatable bonds is 7. The SMILES string of the molecule is CCCC(=O)O[Si](CNC)(OC(C)=O)OC(C)=O. The second-order valence-corrected chi connectivity index (χ2v) is 5.96. The van der Waals surface area contributed by atoms with Gasteiger partial charge in [-0.25, -0.2) is 0 Å². The van der Waals surface area contributed by atoms with E-state index in [2.05, 4.69) is 5.32 Å². The first-order valence-corrected chi connectivity index (χ1v) is 7.54. The molecule has 8 heteroatoms. The molecule has 0 unspecified atom stereocenters. The Morgan fingerprint density at radius 2 is 1.56 bits per heavy atom. The molecule has 0 aliphatic heterocycles. The van der Waals surface area contributed by atoms with Crippen LogP contribution in [-0.4, -0.2) is 39.9 Å². The molecule has 0 fully saturated rings. The van der Waals surface area contributed by atoms with Gasteiger partial charge in [0.1, 0.15) is 6.17 Å². The zero-order valence-corrected chi connectivity index (χ0v) is 12.1. The lowest BCUT2D eigenvalue weighted by atomic mass is 10.4. The van der Waals surface area contributed by atoms with Gasteiger partial charge in [0.05, 0.1) is 0 Å². The number of hydrogen-bond acceptors (Lipinski definition) is 7. The molecule has 0 rings (SSSR count). The second kappa shape index (κ2) is 7.83. The van der Waals surface area contributed by atoms with Gasteiger partial charge < -0.3 is 18.6 Å². The van der Waals surface area contributed by atoms with Gasteiger partial charge in [-0.05, 0) is 13.5 Å². The predicted molar refractivity (Wildman–Crippen MR) is 64.2 cm³/mol. The molecule has 0 aromatic heterocycles. The number of carbonyl (C=O) groups is 3. The molecule has 0 amide bonds. The highest BCUT2D eigenvalue weighted by atomic mass is 28.4. The fourth-order valence-electron chi connectivity index (χ4n) is 1.25. The molecule has 0 radical (unpaired) electrons. The summed E-state index contributed by atoms with van der Waals surface area (Å²) in [6.45, 7) is 4.13. The highest BCUT2D eigenvalue weighted by Crippen LogP contribution is 2.12. The first-order chi connectivity index (χ1) is 8.35. The normalized spacial score (nSPS) is 10.7. The van der Waals surface area contributed by atoms with Crippen molar-refractivity contribution in [2.24, 2.45) is 0 Å². The summed E-state index contributed by atoms with van der Waals surface area (Å²) in [7, 11) is -2.11. The Labute approximate surface area is 107 Å². The van der Waals surface area contributed by atoms with Crippen LogP contribution in [0.25, 0.3) is 0 Å². The number of carbonyl (C=O) groups excluding carboxylic acids is 3. The maximum absolute atomic E-state index is 11.5. The van der Waals surface area contributed by atoms with E-state index < -0.39 is 26.7 Å². The van der Waals surface area contributed by atoms with E-state index in [0.717, 1.165) is 13.8 Å². The molecular formula is C10H19NO6Si. The summed E-state index contributed by atoms with van der Waals surface area (Å²) in [5.41, 5.74) is 0. The minimum atomic E-state index is -3.68. The van der Waals surface area contributed by atoms with Gasteiger partial charge in [-0.2, -0.15) is 0 Å². The van der Waals surface area contributed by atoms with Crippen molar-refractivity contribution in [2.45, 2.75) is 33.6 Å². The largest absolute Gasteiger partial charge is 0.719 e. The van der Waals surface area contributed by atoms with Gasteiger partial charge in [0.15, 0.2) is 0 Å². The highest BCUT2D eigenvalue weighted by molar-refractivity contribution is 6.65. The fraction of sp³-hybridized carbons (Fsp3) is 0.700. The third-order valence-electron chi connectivity index (χ3n) is 1.72. The molecule has 0 saturated heterocycles. The molecule has 1 N–H and O–H groups in total. The van der Waals surface area contributed by atoms with Gasteiger partial charge in [-0.1, -0.05) is 6.92 Å². The van der Waals surface area contributed by atoms with E-state index in [1.807, 2.05) is 0 Å². The van der Waals surface area contributed by atoms with Crippen LogP contribution in [0.3, 0.4) is 0 Å². The maximum Gasteiger partial charge on any atom is 0.719 e. The molecule has 18 heavy (non-hydrogen) atoms. The van der Waals surface area contributed by atoms with Crippen LogP contribution in [0, 0.1) is 0 Å². The third kappa shape index (κ3) is 6.35. The lowest BCUT2D eigenvalue weighted by Crippen LogP contribution is -2.56. The molecule has 0 aliphatic carbocycles. The zero-order chi connectivity index (χ0) is 14.2. The third-order valence-corrected chi connectivity index (χ3v) is 4.24. The predicted octanol–water partition coefficient (Wildman–Crippen LogP) is 0.153. The molecule has 7 nitrogen and oxygen atoms in total. The van der Waals surface area contributed by atoms with Crippen LogP contribution in [0.5, 0.6) is 0 Å². The Kier molecular flexibility index (Phi) is 7.21. The van der Waals surface area contributed by atoms with Crippen LogP contribution in [-0.2, 0) is 27.7 Å². The van der Waals surface area contributed by atoms with E-state index in [0.29, 0.717) is 6.42 Å². The van der Waals surface area contributed by atoms with Crippen molar-refractivity contribution in [1.29, 1.82) is 0 Å². The smallest absolute Gasteiger partial charge is 0.455 e. The van der Waals surface area contributed by atoms with Crippen LogP contribution < -0.4 is 5.32 Å². The fourth-order valence-corrected chi connectivity index (χ4v) is 3.35. The van der Waals surface area contributed by atoms with Gasteiger partial charge in [0, 0.05) is 20.3 Å². The highest BCUT2D eigenvalue weighted by Gasteiger charge is 2.51. The molecule has 0 heterocycles. The van der Waals surface area contributed by atoms with Crippen LogP contribution in [0.1, 0.15) is 33.6 Å². The summed E-state index contributed by atoms with van der Waals surface area (Å²) in [5.74, 6) is -1.88. The summed E-state index contributed by atoms with van der Waals surface area (Å²) < 4.78 is 15.0. The van der Waals surface area contributed by atoms with E-state index in [1.165, 1.54) is 0 Å². The van der Waals surface area contributed by atoms with Gasteiger partial charge in [0.25, 0.3) is 17.9 Å². The van der Waals surface area contributed by atoms with Crippen molar-refractivity contribution in [2.75, 3.05) is 13.2 Å². The summed E-state index contributed by atoms with van der Waals surface area (Å²) >= 11 is 0. The van der Waals surface area contributed by atoms with Crippen LogP contribution >= 0.6 is 0 Å². The first-order valence-electron chi connectivity index (χ1n) is 5.60. The number of nitrogens with one attached hydrogen (secondary N) is 1. The van der Waals surface area contributed by atoms with E-state index in [4.69, 9.17) is 13.3 Å². The monoisotopic (exact) mass is 277 g/mol. The van der Waals surface area contributed by atoms with Crippen LogP contribution in [0.4, 0.5) is 0 Å². The molecule has 0 bridgehead atoms. The Hall–Kier alpha value is -1.41. The van der Waals surface area contributed by atoms with E-state index in [1.54, 1.807) is 14.0 Å². The van der Waals surface area contributed by atoms with Crippen molar-refractivity contribution in [3.63, 3.8) is 0 Å². The summed E-state index contributed by atoms with van der Waals surface area (Å²) in [5, 5.41) is 2.70. The lowest BCUT2D eigenvalue weighted by Gasteiger charge is -2.26. The Morgan fingerprint density at radius 1 is 1.06 bits per heavy atom. The second-order valence-electron chi connectivity index (χ2n) is 3.62. The van der Waals surface area contributed by atoms with E-state index in [9.17, 15) is 14.4 Å². The van der Waals surface area contributed by atoms with Gasteiger partial charge >= 0.3 is 8.80 Å². The van der Waals surface area contributed by atoms with Crippen molar-refractivity contribution in [3.8, 4) is 0 Å². The first kappa shape index (κ1) is 16.6. The Bertz CT molecular complexity index is 303. The topological polar surface area (TPSA) is 90.9 Å². The van der Waals surface area contributed by atoms with E-state index >= 15 is 0 Å². The molecule has 104 valence electrons. The standard InChI is InChI=1S/C10H19NO6Si/c1-5-6-10(14)17-18(7-11-4,15-8(2)12)16-9(3)13/h11H,5-7H2,1-4H3. The summed E-state index contributed by atoms with van der Waals surface area (Å²) in [6.07, 6.45) is 0.742. The van der Waals surface area contributed by atoms with Gasteiger partial charge in [-0.3, -0.25) is 14.4 Å². The van der Waals surface area contributed by atoms with Crippen LogP contribution in [0.2, 0.25) is 0 Å². The molecule has 0 spiro atoms. The lowest BCUT2D eigenvalue weighted by molar-refractivity contribution is -0.148. The maximum atomic E-state index is 11.5. The molecule has 0 aromatic rings. The van der Waals surface area contributed by atoms with Crippen LogP contribution in [0.15, 0.2) is 0 Å². The van der Waals surface area contributed by atoms with Crippen molar-refractivity contribution in [1.82, 2.24) is 5.32 Å². The molecule has 0 atom stereocenters. The minimum Gasteiger partial charge on any atom is -0.455 e. The van der Waals surface area contributed by atoms with Crippen molar-refractivity contribution in [3.05, 3.63) is 0 Å². The molecule has 0 aromatic carbocycles. The average molecular weight is 277 g/mol. The van der Waals surface area contributed by atoms with Gasteiger partial charge in [-0.15, -0.1) is 0 Å². The van der Waals surface area contributed by atoms with Gasteiger partial charge in [0.2, 0.25) is 0 Å². The molecule has 0 saturated carbocycles. The quantitative estimate of drug-likeness (QED) is 0.662. The summed E-state index contributed by atoms with van der Waals surface area (Å²) in [4.78, 5) is 33.6. The van der Waals surface area contributed by atoms with Crippen molar-refractivity contribution >= 4 is 26.7 Å². The minimum absolute atomic E-state index is 0.0123. The molecular weight excluding hydrogens is 258 g/mol. The Balaban J connectivity index is 4.97. The number of hydrogen-bond donors (Lipinski definition) is 1. The van der Waals surface area contributed by atoms with E-state index in [-0.39, 0.29) is 12.6 Å². The average Bonchev–Trinajstić information content (AvgIpc) is 2.14. The zero-order valence-electron chi connectivity index (χ0n) is 11.1. The van der Waals surface area contributed by atoms with Crippen molar-refractivity contribution < 1.29 is 27.7 Å². The Morgan fingerprint density at radius 3 is 1.89 bits per heavy atom.